The molecular weight excluding hydrogens is 576 g/mol. The predicted molar refractivity (Wildman–Crippen MR) is 194 cm³/mol. The molecule has 0 saturated carbocycles. The highest BCUT2D eigenvalue weighted by molar-refractivity contribution is 6.09. The molecule has 47 heavy (non-hydrogen) atoms. The number of ether oxygens (including phenoxy) is 1. The van der Waals surface area contributed by atoms with Gasteiger partial charge in [0.25, 0.3) is 0 Å². The molecule has 3 heterocycles. The van der Waals surface area contributed by atoms with Crippen molar-refractivity contribution in [3.63, 3.8) is 0 Å². The summed E-state index contributed by atoms with van der Waals surface area (Å²) in [6.07, 6.45) is 10.4. The van der Waals surface area contributed by atoms with E-state index in [4.69, 9.17) is 14.8 Å². The average Bonchev–Trinajstić information content (AvgIpc) is 3.68. The molecule has 0 fully saturated rings. The van der Waals surface area contributed by atoms with Gasteiger partial charge in [-0.1, -0.05) is 76.9 Å². The fourth-order valence-electron chi connectivity index (χ4n) is 6.93. The van der Waals surface area contributed by atoms with E-state index in [1.165, 1.54) is 44.2 Å². The molecule has 7 aromatic rings. The standard InChI is InChI=1S/C42H42N4O/c1-6-11-30-17-19-35(28(3)4)38(12-7-2)42(30)31-26-44-45(27-31)32-13-10-14-33(24-32)47-34-18-20-37-36-15-8-9-16-39(36)46(40(37)25-34)41-23-29(5)21-22-43-41/h8-10,13-28H,6-7,11-12H2,1-5H3. The third kappa shape index (κ3) is 5.83. The molecular formula is C42H42N4O. The Labute approximate surface area is 277 Å². The summed E-state index contributed by atoms with van der Waals surface area (Å²) >= 11 is 0. The van der Waals surface area contributed by atoms with Crippen LogP contribution in [-0.2, 0) is 12.8 Å². The minimum atomic E-state index is 0.475. The second-order valence-electron chi connectivity index (χ2n) is 12.8. The van der Waals surface area contributed by atoms with Gasteiger partial charge in [0.05, 0.1) is 22.9 Å². The van der Waals surface area contributed by atoms with E-state index in [0.29, 0.717) is 5.92 Å². The maximum atomic E-state index is 6.52. The van der Waals surface area contributed by atoms with E-state index in [1.54, 1.807) is 0 Å². The topological polar surface area (TPSA) is 44.9 Å². The monoisotopic (exact) mass is 618 g/mol. The Balaban J connectivity index is 1.25. The van der Waals surface area contributed by atoms with Crippen LogP contribution in [0.5, 0.6) is 11.5 Å². The Bertz CT molecular complexity index is 2200. The lowest BCUT2D eigenvalue weighted by Crippen LogP contribution is -2.03. The van der Waals surface area contributed by atoms with Crippen molar-refractivity contribution < 1.29 is 4.74 Å². The molecule has 5 heteroatoms. The van der Waals surface area contributed by atoms with Crippen molar-refractivity contribution in [2.45, 2.75) is 66.2 Å². The highest BCUT2D eigenvalue weighted by Crippen LogP contribution is 2.37. The number of para-hydroxylation sites is 1. The van der Waals surface area contributed by atoms with Crippen LogP contribution in [0.15, 0.2) is 110 Å². The van der Waals surface area contributed by atoms with Crippen LogP contribution in [0.4, 0.5) is 0 Å². The molecule has 0 N–H and O–H groups in total. The summed E-state index contributed by atoms with van der Waals surface area (Å²) in [6, 6.07) is 31.8. The van der Waals surface area contributed by atoms with Crippen molar-refractivity contribution in [2.75, 3.05) is 0 Å². The van der Waals surface area contributed by atoms with Gasteiger partial charge >= 0.3 is 0 Å². The fourth-order valence-corrected chi connectivity index (χ4v) is 6.93. The minimum absolute atomic E-state index is 0.475. The molecule has 0 unspecified atom stereocenters. The van der Waals surface area contributed by atoms with Crippen LogP contribution in [0.3, 0.4) is 0 Å². The molecule has 0 aliphatic heterocycles. The first kappa shape index (κ1) is 30.5. The van der Waals surface area contributed by atoms with Gasteiger partial charge in [-0.25, -0.2) is 9.67 Å². The molecule has 3 aromatic heterocycles. The molecule has 0 amide bonds. The SMILES string of the molecule is CCCc1ccc(C(C)C)c(CCC)c1-c1cnn(-c2cccc(Oc3ccc4c5ccccc5n(-c5cc(C)ccn5)c4c3)c2)c1. The molecule has 0 aliphatic rings. The van der Waals surface area contributed by atoms with Gasteiger partial charge in [0, 0.05) is 40.9 Å². The second kappa shape index (κ2) is 12.9. The summed E-state index contributed by atoms with van der Waals surface area (Å²) in [5, 5.41) is 7.22. The Morgan fingerprint density at radius 1 is 0.766 bits per heavy atom. The zero-order valence-electron chi connectivity index (χ0n) is 28.0. The third-order valence-electron chi connectivity index (χ3n) is 9.04. The van der Waals surface area contributed by atoms with Gasteiger partial charge < -0.3 is 4.74 Å². The Morgan fingerprint density at radius 3 is 2.38 bits per heavy atom. The van der Waals surface area contributed by atoms with Crippen molar-refractivity contribution in [1.29, 1.82) is 0 Å². The molecule has 5 nitrogen and oxygen atoms in total. The number of hydrogen-bond donors (Lipinski definition) is 0. The van der Waals surface area contributed by atoms with E-state index in [9.17, 15) is 0 Å². The van der Waals surface area contributed by atoms with Gasteiger partial charge in [0.1, 0.15) is 17.3 Å². The maximum Gasteiger partial charge on any atom is 0.137 e. The number of benzene rings is 4. The van der Waals surface area contributed by atoms with Crippen LogP contribution in [0.2, 0.25) is 0 Å². The highest BCUT2D eigenvalue weighted by Gasteiger charge is 2.18. The zero-order chi connectivity index (χ0) is 32.5. The molecule has 236 valence electrons. The van der Waals surface area contributed by atoms with E-state index in [2.05, 4.69) is 112 Å². The van der Waals surface area contributed by atoms with E-state index < -0.39 is 0 Å². The van der Waals surface area contributed by atoms with E-state index in [-0.39, 0.29) is 0 Å². The first-order chi connectivity index (χ1) is 22.9. The normalized spacial score (nSPS) is 11.6. The van der Waals surface area contributed by atoms with Crippen molar-refractivity contribution in [3.8, 4) is 34.1 Å². The zero-order valence-corrected chi connectivity index (χ0v) is 28.0. The van der Waals surface area contributed by atoms with Gasteiger partial charge in [-0.05, 0) is 96.0 Å². The largest absolute Gasteiger partial charge is 0.457 e. The van der Waals surface area contributed by atoms with Gasteiger partial charge in [0.2, 0.25) is 0 Å². The molecule has 0 aliphatic carbocycles. The molecule has 0 radical (unpaired) electrons. The number of aryl methyl sites for hydroxylation is 2. The molecule has 4 aromatic carbocycles. The van der Waals surface area contributed by atoms with Crippen LogP contribution in [0.25, 0.3) is 44.4 Å². The summed E-state index contributed by atoms with van der Waals surface area (Å²) < 4.78 is 10.7. The van der Waals surface area contributed by atoms with Crippen molar-refractivity contribution in [2.24, 2.45) is 0 Å². The summed E-state index contributed by atoms with van der Waals surface area (Å²) in [6.45, 7) is 11.2. The number of fused-ring (bicyclic) bond motifs is 3. The maximum absolute atomic E-state index is 6.52. The van der Waals surface area contributed by atoms with Crippen LogP contribution in [0, 0.1) is 6.92 Å². The number of nitrogens with zero attached hydrogens (tertiary/aromatic N) is 4. The average molecular weight is 619 g/mol. The highest BCUT2D eigenvalue weighted by atomic mass is 16.5. The molecule has 0 saturated heterocycles. The van der Waals surface area contributed by atoms with E-state index in [1.807, 2.05) is 41.3 Å². The van der Waals surface area contributed by atoms with Gasteiger partial charge in [-0.2, -0.15) is 5.10 Å². The number of hydrogen-bond acceptors (Lipinski definition) is 3. The third-order valence-corrected chi connectivity index (χ3v) is 9.04. The number of pyridine rings is 1. The summed E-state index contributed by atoms with van der Waals surface area (Å²) in [5.74, 6) is 2.90. The smallest absolute Gasteiger partial charge is 0.137 e. The van der Waals surface area contributed by atoms with Gasteiger partial charge in [0.15, 0.2) is 0 Å². The van der Waals surface area contributed by atoms with Crippen LogP contribution >= 0.6 is 0 Å². The van der Waals surface area contributed by atoms with Crippen LogP contribution in [-0.4, -0.2) is 19.3 Å². The van der Waals surface area contributed by atoms with Crippen molar-refractivity contribution in [1.82, 2.24) is 19.3 Å². The van der Waals surface area contributed by atoms with E-state index >= 15 is 0 Å². The van der Waals surface area contributed by atoms with Gasteiger partial charge in [-0.15, -0.1) is 0 Å². The lowest BCUT2D eigenvalue weighted by molar-refractivity contribution is 0.483. The Hall–Kier alpha value is -5.16. The predicted octanol–water partition coefficient (Wildman–Crippen LogP) is 11.2. The van der Waals surface area contributed by atoms with Gasteiger partial charge in [-0.3, -0.25) is 4.57 Å². The van der Waals surface area contributed by atoms with E-state index in [0.717, 1.165) is 59.7 Å². The lowest BCUT2D eigenvalue weighted by Gasteiger charge is -2.20. The second-order valence-corrected chi connectivity index (χ2v) is 12.8. The number of rotatable bonds is 10. The minimum Gasteiger partial charge on any atom is -0.457 e. The summed E-state index contributed by atoms with van der Waals surface area (Å²) in [5.41, 5.74) is 11.2. The molecule has 0 atom stereocenters. The lowest BCUT2D eigenvalue weighted by atomic mass is 9.85. The van der Waals surface area contributed by atoms with Crippen LogP contribution < -0.4 is 4.74 Å². The Kier molecular flexibility index (Phi) is 8.38. The first-order valence-electron chi connectivity index (χ1n) is 16.9. The molecule has 0 bridgehead atoms. The van der Waals surface area contributed by atoms with Crippen LogP contribution in [0.1, 0.15) is 68.7 Å². The molecule has 7 rings (SSSR count). The van der Waals surface area contributed by atoms with Crippen molar-refractivity contribution in [3.05, 3.63) is 132 Å². The summed E-state index contributed by atoms with van der Waals surface area (Å²) in [4.78, 5) is 4.72. The fraction of sp³-hybridized carbons (Fsp3) is 0.238. The summed E-state index contributed by atoms with van der Waals surface area (Å²) in [7, 11) is 0. The molecule has 0 spiro atoms. The number of aromatic nitrogens is 4. The Morgan fingerprint density at radius 2 is 1.57 bits per heavy atom. The first-order valence-corrected chi connectivity index (χ1v) is 16.9. The van der Waals surface area contributed by atoms with Crippen molar-refractivity contribution >= 4 is 21.8 Å². The quantitative estimate of drug-likeness (QED) is 0.153.